The molecule has 1 aromatic heterocycles. The molecule has 0 bridgehead atoms. The fourth-order valence-electron chi connectivity index (χ4n) is 3.40. The lowest BCUT2D eigenvalue weighted by Gasteiger charge is -2.22. The average Bonchev–Trinajstić information content (AvgIpc) is 3.19. The SMILES string of the molecule is CN(CCc1cnn(C)c1)C(=O)CN1C[C@@H](Cc2ccccc2)CC1=O. The van der Waals surface area contributed by atoms with Gasteiger partial charge >= 0.3 is 0 Å². The van der Waals surface area contributed by atoms with Crippen molar-refractivity contribution in [1.82, 2.24) is 19.6 Å². The Kier molecular flexibility index (Phi) is 5.71. The lowest BCUT2D eigenvalue weighted by Crippen LogP contribution is -2.40. The molecule has 1 aliphatic heterocycles. The van der Waals surface area contributed by atoms with Gasteiger partial charge in [0.2, 0.25) is 11.8 Å². The van der Waals surface area contributed by atoms with E-state index in [2.05, 4.69) is 17.2 Å². The van der Waals surface area contributed by atoms with Crippen molar-refractivity contribution in [3.05, 3.63) is 53.9 Å². The Morgan fingerprint density at radius 3 is 2.73 bits per heavy atom. The van der Waals surface area contributed by atoms with E-state index in [0.717, 1.165) is 18.4 Å². The van der Waals surface area contributed by atoms with Gasteiger partial charge in [-0.1, -0.05) is 30.3 Å². The Morgan fingerprint density at radius 1 is 1.27 bits per heavy atom. The molecule has 26 heavy (non-hydrogen) atoms. The van der Waals surface area contributed by atoms with E-state index in [9.17, 15) is 9.59 Å². The lowest BCUT2D eigenvalue weighted by atomic mass is 9.99. The molecule has 2 amide bonds. The number of amides is 2. The predicted molar refractivity (Wildman–Crippen MR) is 99.4 cm³/mol. The molecule has 0 saturated carbocycles. The van der Waals surface area contributed by atoms with Crippen LogP contribution in [-0.4, -0.2) is 58.1 Å². The molecule has 2 heterocycles. The first-order chi connectivity index (χ1) is 12.5. The molecule has 0 N–H and O–H groups in total. The molecule has 6 heteroatoms. The minimum Gasteiger partial charge on any atom is -0.344 e. The van der Waals surface area contributed by atoms with Gasteiger partial charge in [-0.15, -0.1) is 0 Å². The second-order valence-electron chi connectivity index (χ2n) is 7.12. The van der Waals surface area contributed by atoms with Gasteiger partial charge in [-0.05, 0) is 29.9 Å². The first-order valence-electron chi connectivity index (χ1n) is 9.04. The Hall–Kier alpha value is -2.63. The molecule has 0 aliphatic carbocycles. The number of likely N-dealkylation sites (tertiary alicyclic amines) is 1. The molecule has 0 spiro atoms. The van der Waals surface area contributed by atoms with Crippen molar-refractivity contribution in [3.8, 4) is 0 Å². The van der Waals surface area contributed by atoms with Crippen LogP contribution < -0.4 is 0 Å². The highest BCUT2D eigenvalue weighted by atomic mass is 16.2. The van der Waals surface area contributed by atoms with Crippen molar-refractivity contribution in [2.24, 2.45) is 13.0 Å². The number of rotatable bonds is 7. The van der Waals surface area contributed by atoms with Gasteiger partial charge in [0.15, 0.2) is 0 Å². The summed E-state index contributed by atoms with van der Waals surface area (Å²) in [7, 11) is 3.67. The minimum absolute atomic E-state index is 0.0115. The van der Waals surface area contributed by atoms with Gasteiger partial charge in [-0.25, -0.2) is 0 Å². The maximum absolute atomic E-state index is 12.4. The van der Waals surface area contributed by atoms with Gasteiger partial charge in [-0.2, -0.15) is 5.10 Å². The maximum Gasteiger partial charge on any atom is 0.241 e. The summed E-state index contributed by atoms with van der Waals surface area (Å²) in [6.45, 7) is 1.46. The van der Waals surface area contributed by atoms with Crippen molar-refractivity contribution in [1.29, 1.82) is 0 Å². The molecule has 0 unspecified atom stereocenters. The van der Waals surface area contributed by atoms with Crippen LogP contribution in [0.5, 0.6) is 0 Å². The zero-order valence-electron chi connectivity index (χ0n) is 15.5. The van der Waals surface area contributed by atoms with Crippen LogP contribution in [0.25, 0.3) is 0 Å². The molecule has 1 atom stereocenters. The second-order valence-corrected chi connectivity index (χ2v) is 7.12. The number of likely N-dealkylation sites (N-methyl/N-ethyl adjacent to an activating group) is 1. The number of benzene rings is 1. The van der Waals surface area contributed by atoms with E-state index in [1.165, 1.54) is 5.56 Å². The summed E-state index contributed by atoms with van der Waals surface area (Å²) in [5, 5.41) is 4.14. The number of carbonyl (C=O) groups is 2. The predicted octanol–water partition coefficient (Wildman–Crippen LogP) is 1.51. The molecule has 6 nitrogen and oxygen atoms in total. The number of nitrogens with zero attached hydrogens (tertiary/aromatic N) is 4. The van der Waals surface area contributed by atoms with Crippen molar-refractivity contribution in [3.63, 3.8) is 0 Å². The normalized spacial score (nSPS) is 16.9. The Balaban J connectivity index is 1.46. The van der Waals surface area contributed by atoms with Gasteiger partial charge in [0.1, 0.15) is 0 Å². The summed E-state index contributed by atoms with van der Waals surface area (Å²) >= 11 is 0. The second kappa shape index (κ2) is 8.17. The molecule has 1 aliphatic rings. The van der Waals surface area contributed by atoms with Gasteiger partial charge in [0.25, 0.3) is 0 Å². The van der Waals surface area contributed by atoms with E-state index in [1.54, 1.807) is 21.5 Å². The topological polar surface area (TPSA) is 58.4 Å². The minimum atomic E-state index is -0.0115. The number of hydrogen-bond donors (Lipinski definition) is 0. The fourth-order valence-corrected chi connectivity index (χ4v) is 3.40. The summed E-state index contributed by atoms with van der Waals surface area (Å²) in [6.07, 6.45) is 5.95. The van der Waals surface area contributed by atoms with Crippen LogP contribution in [0, 0.1) is 5.92 Å². The Morgan fingerprint density at radius 2 is 2.04 bits per heavy atom. The van der Waals surface area contributed by atoms with Crippen molar-refractivity contribution in [2.45, 2.75) is 19.3 Å². The summed E-state index contributed by atoms with van der Waals surface area (Å²) < 4.78 is 1.76. The van der Waals surface area contributed by atoms with E-state index in [1.807, 2.05) is 37.6 Å². The van der Waals surface area contributed by atoms with E-state index in [-0.39, 0.29) is 18.4 Å². The van der Waals surface area contributed by atoms with Crippen molar-refractivity contribution in [2.75, 3.05) is 26.7 Å². The van der Waals surface area contributed by atoms with Gasteiger partial charge in [-0.3, -0.25) is 14.3 Å². The van der Waals surface area contributed by atoms with E-state index in [0.29, 0.717) is 25.4 Å². The summed E-state index contributed by atoms with van der Waals surface area (Å²) in [6, 6.07) is 10.2. The largest absolute Gasteiger partial charge is 0.344 e. The standard InChI is InChI=1S/C20H26N4O2/c1-22(9-8-17-12-21-23(2)13-17)20(26)15-24-14-18(11-19(24)25)10-16-6-4-3-5-7-16/h3-7,12-13,18H,8-11,14-15H2,1-2H3/t18-/m0/s1. The summed E-state index contributed by atoms with van der Waals surface area (Å²) in [4.78, 5) is 28.1. The first kappa shape index (κ1) is 18.2. The highest BCUT2D eigenvalue weighted by molar-refractivity contribution is 5.86. The third-order valence-electron chi connectivity index (χ3n) is 4.91. The summed E-state index contributed by atoms with van der Waals surface area (Å²) in [5.41, 5.74) is 2.35. The zero-order chi connectivity index (χ0) is 18.5. The van der Waals surface area contributed by atoms with Crippen LogP contribution in [0.3, 0.4) is 0 Å². The van der Waals surface area contributed by atoms with Gasteiger partial charge < -0.3 is 9.80 Å². The van der Waals surface area contributed by atoms with E-state index >= 15 is 0 Å². The summed E-state index contributed by atoms with van der Waals surface area (Å²) in [5.74, 6) is 0.362. The third-order valence-corrected chi connectivity index (χ3v) is 4.91. The van der Waals surface area contributed by atoms with E-state index < -0.39 is 0 Å². The first-order valence-corrected chi connectivity index (χ1v) is 9.04. The van der Waals surface area contributed by atoms with Crippen molar-refractivity contribution >= 4 is 11.8 Å². The van der Waals surface area contributed by atoms with E-state index in [4.69, 9.17) is 0 Å². The molecule has 1 aromatic carbocycles. The molecule has 3 rings (SSSR count). The van der Waals surface area contributed by atoms with Crippen LogP contribution in [0.2, 0.25) is 0 Å². The molecular weight excluding hydrogens is 328 g/mol. The molecule has 138 valence electrons. The quantitative estimate of drug-likeness (QED) is 0.757. The number of carbonyl (C=O) groups excluding carboxylic acids is 2. The number of hydrogen-bond acceptors (Lipinski definition) is 3. The monoisotopic (exact) mass is 354 g/mol. The number of aryl methyl sites for hydroxylation is 1. The smallest absolute Gasteiger partial charge is 0.241 e. The van der Waals surface area contributed by atoms with Crippen LogP contribution in [0.1, 0.15) is 17.5 Å². The highest BCUT2D eigenvalue weighted by Gasteiger charge is 2.31. The maximum atomic E-state index is 12.4. The Bertz CT molecular complexity index is 756. The zero-order valence-corrected chi connectivity index (χ0v) is 15.5. The average molecular weight is 354 g/mol. The van der Waals surface area contributed by atoms with Crippen LogP contribution in [0.4, 0.5) is 0 Å². The molecule has 0 radical (unpaired) electrons. The Labute approximate surface area is 154 Å². The molecule has 1 saturated heterocycles. The van der Waals surface area contributed by atoms with Crippen LogP contribution in [0.15, 0.2) is 42.7 Å². The fraction of sp³-hybridized carbons (Fsp3) is 0.450. The molecule has 1 fully saturated rings. The van der Waals surface area contributed by atoms with Crippen LogP contribution in [-0.2, 0) is 29.5 Å². The molecule has 2 aromatic rings. The van der Waals surface area contributed by atoms with Crippen LogP contribution >= 0.6 is 0 Å². The lowest BCUT2D eigenvalue weighted by molar-refractivity contribution is -0.137. The van der Waals surface area contributed by atoms with Gasteiger partial charge in [0, 0.05) is 39.8 Å². The highest BCUT2D eigenvalue weighted by Crippen LogP contribution is 2.22. The molecular formula is C20H26N4O2. The number of aromatic nitrogens is 2. The third kappa shape index (κ3) is 4.71. The van der Waals surface area contributed by atoms with Crippen molar-refractivity contribution < 1.29 is 9.59 Å². The van der Waals surface area contributed by atoms with Gasteiger partial charge in [0.05, 0.1) is 12.7 Å².